The highest BCUT2D eigenvalue weighted by atomic mass is 32.1. The van der Waals surface area contributed by atoms with Gasteiger partial charge >= 0.3 is 0 Å². The number of hydrogen-bond acceptors (Lipinski definition) is 4. The Bertz CT molecular complexity index is 300. The standard InChI is InChI=1S/C11H19N3OS/c1-14(7-10-8-16-9-13-10)11(15)5-3-2-4-6-12/h8-9H,2-7,12H2,1H3. The van der Waals surface area contributed by atoms with Gasteiger partial charge in [0, 0.05) is 18.8 Å². The average Bonchev–Trinajstić information content (AvgIpc) is 2.76. The van der Waals surface area contributed by atoms with Gasteiger partial charge in [0.15, 0.2) is 0 Å². The maximum atomic E-state index is 11.7. The molecule has 0 saturated heterocycles. The molecule has 1 aromatic heterocycles. The van der Waals surface area contributed by atoms with Crippen molar-refractivity contribution >= 4 is 17.2 Å². The molecule has 0 saturated carbocycles. The number of carbonyl (C=O) groups excluding carboxylic acids is 1. The predicted octanol–water partition coefficient (Wildman–Crippen LogP) is 1.62. The number of aromatic nitrogens is 1. The second-order valence-corrected chi connectivity index (χ2v) is 4.55. The van der Waals surface area contributed by atoms with Crippen LogP contribution in [0.5, 0.6) is 0 Å². The van der Waals surface area contributed by atoms with Crippen LogP contribution in [0.25, 0.3) is 0 Å². The van der Waals surface area contributed by atoms with E-state index < -0.39 is 0 Å². The molecule has 0 unspecified atom stereocenters. The SMILES string of the molecule is CN(Cc1cscn1)C(=O)CCCCCN. The van der Waals surface area contributed by atoms with Gasteiger partial charge in [0.05, 0.1) is 17.7 Å². The Labute approximate surface area is 100 Å². The number of amides is 1. The van der Waals surface area contributed by atoms with Crippen LogP contribution < -0.4 is 5.73 Å². The summed E-state index contributed by atoms with van der Waals surface area (Å²) in [6.45, 7) is 1.32. The van der Waals surface area contributed by atoms with Crippen molar-refractivity contribution in [2.45, 2.75) is 32.2 Å². The summed E-state index contributed by atoms with van der Waals surface area (Å²) in [4.78, 5) is 17.6. The molecule has 16 heavy (non-hydrogen) atoms. The first-order valence-corrected chi connectivity index (χ1v) is 6.49. The lowest BCUT2D eigenvalue weighted by Crippen LogP contribution is -2.26. The summed E-state index contributed by atoms with van der Waals surface area (Å²) in [5.74, 6) is 0.185. The van der Waals surface area contributed by atoms with Gasteiger partial charge in [-0.25, -0.2) is 4.98 Å². The summed E-state index contributed by atoms with van der Waals surface area (Å²) in [7, 11) is 1.82. The summed E-state index contributed by atoms with van der Waals surface area (Å²) in [6, 6.07) is 0. The Morgan fingerprint density at radius 2 is 2.31 bits per heavy atom. The van der Waals surface area contributed by atoms with Crippen molar-refractivity contribution in [2.24, 2.45) is 5.73 Å². The monoisotopic (exact) mass is 241 g/mol. The van der Waals surface area contributed by atoms with E-state index in [1.165, 1.54) is 0 Å². The Morgan fingerprint density at radius 3 is 2.94 bits per heavy atom. The van der Waals surface area contributed by atoms with Gasteiger partial charge in [-0.1, -0.05) is 6.42 Å². The topological polar surface area (TPSA) is 59.2 Å². The van der Waals surface area contributed by atoms with Crippen LogP contribution in [0.15, 0.2) is 10.9 Å². The van der Waals surface area contributed by atoms with Gasteiger partial charge in [-0.3, -0.25) is 4.79 Å². The number of rotatable bonds is 7. The number of thiazole rings is 1. The van der Waals surface area contributed by atoms with Gasteiger partial charge in [-0.15, -0.1) is 11.3 Å². The molecular formula is C11H19N3OS. The molecule has 4 nitrogen and oxygen atoms in total. The molecule has 0 fully saturated rings. The molecular weight excluding hydrogens is 222 g/mol. The molecule has 0 bridgehead atoms. The number of nitrogens with zero attached hydrogens (tertiary/aromatic N) is 2. The van der Waals surface area contributed by atoms with Crippen molar-refractivity contribution in [1.82, 2.24) is 9.88 Å². The largest absolute Gasteiger partial charge is 0.340 e. The third kappa shape index (κ3) is 4.72. The van der Waals surface area contributed by atoms with Crippen LogP contribution in [0, 0.1) is 0 Å². The highest BCUT2D eigenvalue weighted by molar-refractivity contribution is 7.07. The molecule has 1 aromatic rings. The fourth-order valence-electron chi connectivity index (χ4n) is 1.43. The van der Waals surface area contributed by atoms with Crippen LogP contribution in [0.2, 0.25) is 0 Å². The molecule has 0 aromatic carbocycles. The van der Waals surface area contributed by atoms with Gasteiger partial charge in [0.2, 0.25) is 5.91 Å². The molecule has 0 aliphatic rings. The van der Waals surface area contributed by atoms with Gasteiger partial charge in [-0.05, 0) is 19.4 Å². The van der Waals surface area contributed by atoms with E-state index in [1.54, 1.807) is 21.7 Å². The molecule has 1 amide bonds. The quantitative estimate of drug-likeness (QED) is 0.738. The van der Waals surface area contributed by atoms with E-state index in [2.05, 4.69) is 4.98 Å². The van der Waals surface area contributed by atoms with Crippen molar-refractivity contribution in [1.29, 1.82) is 0 Å². The minimum absolute atomic E-state index is 0.185. The minimum Gasteiger partial charge on any atom is -0.340 e. The molecule has 0 spiro atoms. The Hall–Kier alpha value is -0.940. The van der Waals surface area contributed by atoms with E-state index in [0.717, 1.165) is 25.0 Å². The van der Waals surface area contributed by atoms with Crippen LogP contribution in [0.1, 0.15) is 31.4 Å². The highest BCUT2D eigenvalue weighted by Crippen LogP contribution is 2.07. The first-order valence-electron chi connectivity index (χ1n) is 5.55. The summed E-state index contributed by atoms with van der Waals surface area (Å²) >= 11 is 1.55. The third-order valence-corrected chi connectivity index (χ3v) is 3.04. The van der Waals surface area contributed by atoms with Crippen molar-refractivity contribution in [3.63, 3.8) is 0 Å². The Balaban J connectivity index is 2.20. The van der Waals surface area contributed by atoms with E-state index in [1.807, 2.05) is 12.4 Å². The van der Waals surface area contributed by atoms with Crippen LogP contribution in [-0.4, -0.2) is 29.4 Å². The van der Waals surface area contributed by atoms with E-state index in [-0.39, 0.29) is 5.91 Å². The lowest BCUT2D eigenvalue weighted by atomic mass is 10.2. The molecule has 0 radical (unpaired) electrons. The number of nitrogens with two attached hydrogens (primary N) is 1. The van der Waals surface area contributed by atoms with E-state index >= 15 is 0 Å². The average molecular weight is 241 g/mol. The smallest absolute Gasteiger partial charge is 0.222 e. The van der Waals surface area contributed by atoms with Crippen molar-refractivity contribution in [3.05, 3.63) is 16.6 Å². The zero-order valence-corrected chi connectivity index (χ0v) is 10.5. The van der Waals surface area contributed by atoms with Crippen molar-refractivity contribution in [3.8, 4) is 0 Å². The van der Waals surface area contributed by atoms with Crippen molar-refractivity contribution < 1.29 is 4.79 Å². The number of unbranched alkanes of at least 4 members (excludes halogenated alkanes) is 2. The molecule has 0 atom stereocenters. The molecule has 1 heterocycles. The van der Waals surface area contributed by atoms with Crippen LogP contribution in [-0.2, 0) is 11.3 Å². The molecule has 1 rings (SSSR count). The molecule has 0 aliphatic carbocycles. The molecule has 5 heteroatoms. The lowest BCUT2D eigenvalue weighted by molar-refractivity contribution is -0.130. The van der Waals surface area contributed by atoms with Crippen LogP contribution >= 0.6 is 11.3 Å². The van der Waals surface area contributed by atoms with Crippen LogP contribution in [0.4, 0.5) is 0 Å². The fraction of sp³-hybridized carbons (Fsp3) is 0.636. The predicted molar refractivity (Wildman–Crippen MR) is 66.1 cm³/mol. The Kier molecular flexibility index (Phi) is 6.03. The fourth-order valence-corrected chi connectivity index (χ4v) is 1.98. The van der Waals surface area contributed by atoms with Crippen molar-refractivity contribution in [2.75, 3.05) is 13.6 Å². The summed E-state index contributed by atoms with van der Waals surface area (Å²) < 4.78 is 0. The minimum atomic E-state index is 0.185. The molecule has 2 N–H and O–H groups in total. The number of carbonyl (C=O) groups is 1. The lowest BCUT2D eigenvalue weighted by Gasteiger charge is -2.15. The molecule has 90 valence electrons. The highest BCUT2D eigenvalue weighted by Gasteiger charge is 2.09. The van der Waals surface area contributed by atoms with E-state index in [4.69, 9.17) is 5.73 Å². The Morgan fingerprint density at radius 1 is 1.50 bits per heavy atom. The van der Waals surface area contributed by atoms with Gasteiger partial charge < -0.3 is 10.6 Å². The second-order valence-electron chi connectivity index (χ2n) is 3.83. The van der Waals surface area contributed by atoms with Crippen LogP contribution in [0.3, 0.4) is 0 Å². The maximum Gasteiger partial charge on any atom is 0.222 e. The first kappa shape index (κ1) is 13.1. The summed E-state index contributed by atoms with van der Waals surface area (Å²) in [5, 5.41) is 1.97. The van der Waals surface area contributed by atoms with Gasteiger partial charge in [0.1, 0.15) is 0 Å². The normalized spacial score (nSPS) is 10.4. The zero-order valence-electron chi connectivity index (χ0n) is 9.69. The van der Waals surface area contributed by atoms with Gasteiger partial charge in [0.25, 0.3) is 0 Å². The molecule has 0 aliphatic heterocycles. The number of hydrogen-bond donors (Lipinski definition) is 1. The zero-order chi connectivity index (χ0) is 11.8. The third-order valence-electron chi connectivity index (χ3n) is 2.40. The summed E-state index contributed by atoms with van der Waals surface area (Å²) in [6.07, 6.45) is 3.58. The van der Waals surface area contributed by atoms with E-state index in [0.29, 0.717) is 19.5 Å². The maximum absolute atomic E-state index is 11.7. The van der Waals surface area contributed by atoms with Gasteiger partial charge in [-0.2, -0.15) is 0 Å². The first-order chi connectivity index (χ1) is 7.74. The summed E-state index contributed by atoms with van der Waals surface area (Å²) in [5.41, 5.74) is 8.14. The second kappa shape index (κ2) is 7.35. The van der Waals surface area contributed by atoms with E-state index in [9.17, 15) is 4.79 Å².